The fourth-order valence-corrected chi connectivity index (χ4v) is 4.34. The highest BCUT2D eigenvalue weighted by atomic mass is 32.2. The zero-order valence-corrected chi connectivity index (χ0v) is 19.5. The van der Waals surface area contributed by atoms with Gasteiger partial charge >= 0.3 is 5.97 Å². The van der Waals surface area contributed by atoms with Crippen LogP contribution < -0.4 is 5.32 Å². The number of nitrogens with zero attached hydrogens (tertiary/aromatic N) is 2. The molecular formula is C22H19N3O7S2. The summed E-state index contributed by atoms with van der Waals surface area (Å²) in [6.45, 7) is 0.225. The average molecular weight is 502 g/mol. The van der Waals surface area contributed by atoms with Gasteiger partial charge < -0.3 is 15.2 Å². The highest BCUT2D eigenvalue weighted by molar-refractivity contribution is 8.26. The molecular weight excluding hydrogens is 482 g/mol. The Morgan fingerprint density at radius 3 is 2.59 bits per heavy atom. The number of nitro groups is 1. The quantitative estimate of drug-likeness (QED) is 0.138. The molecule has 34 heavy (non-hydrogen) atoms. The summed E-state index contributed by atoms with van der Waals surface area (Å²) in [5, 5.41) is 23.0. The van der Waals surface area contributed by atoms with E-state index < -0.39 is 22.5 Å². The number of amides is 2. The SMILES string of the molecule is COC(=O)c1ccc(/C=C2\SC(=S)N(CCCC(=O)Nc3ccc([N+](=O)[O-])cc3O)C2=O)cc1. The van der Waals surface area contributed by atoms with Crippen LogP contribution in [-0.4, -0.2) is 50.7 Å². The van der Waals surface area contributed by atoms with Crippen molar-refractivity contribution in [1.29, 1.82) is 0 Å². The molecule has 1 heterocycles. The number of ether oxygens (including phenoxy) is 1. The summed E-state index contributed by atoms with van der Waals surface area (Å²) >= 11 is 6.44. The number of aromatic hydroxyl groups is 1. The van der Waals surface area contributed by atoms with E-state index in [1.54, 1.807) is 30.3 Å². The van der Waals surface area contributed by atoms with Crippen LogP contribution in [-0.2, 0) is 14.3 Å². The highest BCUT2D eigenvalue weighted by Gasteiger charge is 2.31. The molecule has 0 unspecified atom stereocenters. The Morgan fingerprint density at radius 1 is 1.26 bits per heavy atom. The molecule has 0 aromatic heterocycles. The van der Waals surface area contributed by atoms with Crippen LogP contribution in [0.1, 0.15) is 28.8 Å². The minimum Gasteiger partial charge on any atom is -0.506 e. The number of thioether (sulfide) groups is 1. The van der Waals surface area contributed by atoms with Gasteiger partial charge in [0.1, 0.15) is 10.1 Å². The molecule has 1 fully saturated rings. The van der Waals surface area contributed by atoms with Crippen LogP contribution in [0, 0.1) is 10.1 Å². The van der Waals surface area contributed by atoms with Gasteiger partial charge in [-0.05, 0) is 36.3 Å². The van der Waals surface area contributed by atoms with Crippen molar-refractivity contribution in [3.8, 4) is 5.75 Å². The maximum atomic E-state index is 12.7. The number of phenols is 1. The van der Waals surface area contributed by atoms with Gasteiger partial charge in [-0.2, -0.15) is 0 Å². The summed E-state index contributed by atoms with van der Waals surface area (Å²) in [6.07, 6.45) is 2.03. The molecule has 0 saturated carbocycles. The predicted molar refractivity (Wildman–Crippen MR) is 130 cm³/mol. The lowest BCUT2D eigenvalue weighted by atomic mass is 10.1. The first-order chi connectivity index (χ1) is 16.2. The molecule has 0 radical (unpaired) electrons. The normalized spacial score (nSPS) is 14.4. The smallest absolute Gasteiger partial charge is 0.337 e. The van der Waals surface area contributed by atoms with Crippen LogP contribution in [0.25, 0.3) is 6.08 Å². The number of nitro benzene ring substituents is 1. The number of rotatable bonds is 8. The zero-order chi connectivity index (χ0) is 24.8. The molecule has 176 valence electrons. The van der Waals surface area contributed by atoms with E-state index in [1.807, 2.05) is 0 Å². The van der Waals surface area contributed by atoms with E-state index in [0.717, 1.165) is 23.4 Å². The summed E-state index contributed by atoms with van der Waals surface area (Å²) in [5.41, 5.74) is 0.877. The number of hydrogen-bond acceptors (Lipinski definition) is 9. The van der Waals surface area contributed by atoms with Gasteiger partial charge in [-0.1, -0.05) is 36.1 Å². The van der Waals surface area contributed by atoms with Crippen molar-refractivity contribution in [3.63, 3.8) is 0 Å². The molecule has 2 aromatic rings. The maximum absolute atomic E-state index is 12.7. The number of thiocarbonyl (C=S) groups is 1. The molecule has 2 N–H and O–H groups in total. The first-order valence-electron chi connectivity index (χ1n) is 9.90. The first-order valence-corrected chi connectivity index (χ1v) is 11.1. The molecule has 1 aliphatic heterocycles. The summed E-state index contributed by atoms with van der Waals surface area (Å²) < 4.78 is 5.03. The lowest BCUT2D eigenvalue weighted by Gasteiger charge is -2.14. The van der Waals surface area contributed by atoms with E-state index in [2.05, 4.69) is 10.1 Å². The lowest BCUT2D eigenvalue weighted by molar-refractivity contribution is -0.384. The van der Waals surface area contributed by atoms with Crippen LogP contribution in [0.15, 0.2) is 47.4 Å². The monoisotopic (exact) mass is 501 g/mol. The molecule has 2 amide bonds. The third-order valence-electron chi connectivity index (χ3n) is 4.75. The molecule has 1 saturated heterocycles. The predicted octanol–water partition coefficient (Wildman–Crippen LogP) is 3.71. The van der Waals surface area contributed by atoms with Gasteiger partial charge in [-0.15, -0.1) is 0 Å². The molecule has 0 spiro atoms. The van der Waals surface area contributed by atoms with Gasteiger partial charge in [0.25, 0.3) is 11.6 Å². The highest BCUT2D eigenvalue weighted by Crippen LogP contribution is 2.33. The number of anilines is 1. The molecule has 0 aliphatic carbocycles. The number of esters is 1. The Morgan fingerprint density at radius 2 is 1.97 bits per heavy atom. The molecule has 0 bridgehead atoms. The lowest BCUT2D eigenvalue weighted by Crippen LogP contribution is -2.29. The first kappa shape index (κ1) is 24.9. The molecule has 10 nitrogen and oxygen atoms in total. The second-order valence-electron chi connectivity index (χ2n) is 7.06. The van der Waals surface area contributed by atoms with Crippen LogP contribution in [0.5, 0.6) is 5.75 Å². The van der Waals surface area contributed by atoms with Crippen molar-refractivity contribution in [2.45, 2.75) is 12.8 Å². The maximum Gasteiger partial charge on any atom is 0.337 e. The minimum atomic E-state index is -0.653. The number of carbonyl (C=O) groups is 3. The van der Waals surface area contributed by atoms with Crippen molar-refractivity contribution in [1.82, 2.24) is 4.90 Å². The van der Waals surface area contributed by atoms with Crippen molar-refractivity contribution in [3.05, 3.63) is 68.6 Å². The largest absolute Gasteiger partial charge is 0.506 e. The van der Waals surface area contributed by atoms with Crippen LogP contribution in [0.2, 0.25) is 0 Å². The number of phenolic OH excluding ortho intramolecular Hbond substituents is 1. The van der Waals surface area contributed by atoms with E-state index in [-0.39, 0.29) is 30.2 Å². The van der Waals surface area contributed by atoms with Gasteiger partial charge in [0, 0.05) is 19.0 Å². The second kappa shape index (κ2) is 10.9. The van der Waals surface area contributed by atoms with Gasteiger partial charge in [-0.3, -0.25) is 24.6 Å². The Kier molecular flexibility index (Phi) is 7.97. The number of benzene rings is 2. The summed E-state index contributed by atoms with van der Waals surface area (Å²) in [6, 6.07) is 9.94. The van der Waals surface area contributed by atoms with Crippen LogP contribution >= 0.6 is 24.0 Å². The van der Waals surface area contributed by atoms with Gasteiger partial charge in [-0.25, -0.2) is 4.79 Å². The molecule has 3 rings (SSSR count). The third-order valence-corrected chi connectivity index (χ3v) is 6.13. The van der Waals surface area contributed by atoms with Crippen molar-refractivity contribution >= 4 is 63.5 Å². The Labute approximate surface area is 203 Å². The Hall–Kier alpha value is -3.77. The van der Waals surface area contributed by atoms with Gasteiger partial charge in [0.2, 0.25) is 5.91 Å². The van der Waals surface area contributed by atoms with E-state index in [9.17, 15) is 29.6 Å². The number of hydrogen-bond donors (Lipinski definition) is 2. The number of methoxy groups -OCH3 is 1. The van der Waals surface area contributed by atoms with Crippen molar-refractivity contribution in [2.24, 2.45) is 0 Å². The summed E-state index contributed by atoms with van der Waals surface area (Å²) in [4.78, 5) is 48.3. The molecule has 1 aliphatic rings. The third kappa shape index (κ3) is 5.97. The number of nitrogens with one attached hydrogen (secondary N) is 1. The molecule has 12 heteroatoms. The average Bonchev–Trinajstić information content (AvgIpc) is 3.07. The molecule has 0 atom stereocenters. The van der Waals surface area contributed by atoms with Crippen molar-refractivity contribution in [2.75, 3.05) is 19.0 Å². The zero-order valence-electron chi connectivity index (χ0n) is 17.8. The fraction of sp³-hybridized carbons (Fsp3) is 0.182. The van der Waals surface area contributed by atoms with Gasteiger partial charge in [0.15, 0.2) is 0 Å². The van der Waals surface area contributed by atoms with E-state index in [1.165, 1.54) is 24.1 Å². The van der Waals surface area contributed by atoms with E-state index in [4.69, 9.17) is 12.2 Å². The summed E-state index contributed by atoms with van der Waals surface area (Å²) in [7, 11) is 1.30. The fourth-order valence-electron chi connectivity index (χ4n) is 3.03. The van der Waals surface area contributed by atoms with E-state index in [0.29, 0.717) is 21.2 Å². The topological polar surface area (TPSA) is 139 Å². The second-order valence-corrected chi connectivity index (χ2v) is 8.73. The Balaban J connectivity index is 1.54. The summed E-state index contributed by atoms with van der Waals surface area (Å²) in [5.74, 6) is -1.56. The van der Waals surface area contributed by atoms with Crippen LogP contribution in [0.3, 0.4) is 0 Å². The van der Waals surface area contributed by atoms with Crippen molar-refractivity contribution < 1.29 is 29.2 Å². The van der Waals surface area contributed by atoms with Crippen LogP contribution in [0.4, 0.5) is 11.4 Å². The minimum absolute atomic E-state index is 0.0432. The van der Waals surface area contributed by atoms with E-state index >= 15 is 0 Å². The number of non-ortho nitro benzene ring substituents is 1. The van der Waals surface area contributed by atoms with Gasteiger partial charge in [0.05, 0.1) is 34.3 Å². The standard InChI is InChI=1S/C22H19N3O7S2/c1-32-21(29)14-6-4-13(5-7-14)11-18-20(28)24(22(33)34-18)10-2-3-19(27)23-16-9-8-15(25(30)31)12-17(16)26/h4-9,11-12,26H,2-3,10H2,1H3,(H,23,27)/b18-11-. The Bertz CT molecular complexity index is 1200. The molecule has 2 aromatic carbocycles. The number of carbonyl (C=O) groups excluding carboxylic acids is 3.